The largest absolute Gasteiger partial charge is 0.457 e. The van der Waals surface area contributed by atoms with E-state index in [1.807, 2.05) is 0 Å². The van der Waals surface area contributed by atoms with Crippen LogP contribution in [0.2, 0.25) is 0 Å². The standard InChI is InChI=1S/C7H12NO2P/c1-11(2,9)7-4-3-6(5-8)10-7/h3-4H,5,8H2,1-2H3. The Morgan fingerprint density at radius 1 is 1.55 bits per heavy atom. The van der Waals surface area contributed by atoms with Crippen LogP contribution in [0.5, 0.6) is 0 Å². The summed E-state index contributed by atoms with van der Waals surface area (Å²) in [5.74, 6) is 0.684. The fourth-order valence-corrected chi connectivity index (χ4v) is 1.54. The third kappa shape index (κ3) is 1.95. The summed E-state index contributed by atoms with van der Waals surface area (Å²) in [5, 5.41) is 0. The first kappa shape index (κ1) is 8.57. The van der Waals surface area contributed by atoms with Gasteiger partial charge in [0.15, 0.2) is 5.50 Å². The third-order valence-electron chi connectivity index (χ3n) is 1.38. The Bertz CT molecular complexity index is 286. The molecule has 0 unspecified atom stereocenters. The van der Waals surface area contributed by atoms with E-state index in [1.54, 1.807) is 25.5 Å². The van der Waals surface area contributed by atoms with E-state index in [9.17, 15) is 4.57 Å². The molecule has 0 saturated heterocycles. The van der Waals surface area contributed by atoms with Crippen LogP contribution < -0.4 is 11.2 Å². The van der Waals surface area contributed by atoms with Gasteiger partial charge in [-0.15, -0.1) is 0 Å². The Kier molecular flexibility index (Phi) is 2.21. The third-order valence-corrected chi connectivity index (χ3v) is 2.68. The molecule has 1 aromatic heterocycles. The van der Waals surface area contributed by atoms with E-state index < -0.39 is 7.14 Å². The lowest BCUT2D eigenvalue weighted by molar-refractivity contribution is 0.528. The van der Waals surface area contributed by atoms with Gasteiger partial charge in [-0.3, -0.25) is 0 Å². The van der Waals surface area contributed by atoms with E-state index in [4.69, 9.17) is 10.2 Å². The summed E-state index contributed by atoms with van der Waals surface area (Å²) < 4.78 is 16.6. The number of furan rings is 1. The van der Waals surface area contributed by atoms with Crippen molar-refractivity contribution >= 4 is 12.6 Å². The van der Waals surface area contributed by atoms with Crippen molar-refractivity contribution in [1.29, 1.82) is 0 Å². The first-order valence-corrected chi connectivity index (χ1v) is 5.98. The van der Waals surface area contributed by atoms with Gasteiger partial charge in [0.25, 0.3) is 0 Å². The van der Waals surface area contributed by atoms with Gasteiger partial charge in [-0.2, -0.15) is 0 Å². The second-order valence-electron chi connectivity index (χ2n) is 2.79. The molecule has 0 aliphatic heterocycles. The van der Waals surface area contributed by atoms with Crippen LogP contribution in [0.1, 0.15) is 5.76 Å². The molecule has 2 N–H and O–H groups in total. The highest BCUT2D eigenvalue weighted by Crippen LogP contribution is 2.34. The molecule has 0 spiro atoms. The van der Waals surface area contributed by atoms with Crippen molar-refractivity contribution in [2.45, 2.75) is 6.54 Å². The molecule has 11 heavy (non-hydrogen) atoms. The number of hydrogen-bond acceptors (Lipinski definition) is 3. The zero-order valence-electron chi connectivity index (χ0n) is 6.70. The molecular weight excluding hydrogens is 161 g/mol. The first-order valence-electron chi connectivity index (χ1n) is 3.38. The summed E-state index contributed by atoms with van der Waals surface area (Å²) in [6.45, 7) is 3.71. The van der Waals surface area contributed by atoms with Gasteiger partial charge in [0, 0.05) is 0 Å². The average molecular weight is 173 g/mol. The highest BCUT2D eigenvalue weighted by molar-refractivity contribution is 7.69. The molecule has 0 fully saturated rings. The topological polar surface area (TPSA) is 56.2 Å². The predicted octanol–water partition coefficient (Wildman–Crippen LogP) is 0.986. The molecule has 0 amide bonds. The van der Waals surface area contributed by atoms with Gasteiger partial charge in [-0.05, 0) is 25.5 Å². The molecular formula is C7H12NO2P. The molecule has 0 aliphatic carbocycles. The zero-order valence-corrected chi connectivity index (χ0v) is 7.60. The van der Waals surface area contributed by atoms with Crippen molar-refractivity contribution in [3.8, 4) is 0 Å². The lowest BCUT2D eigenvalue weighted by Crippen LogP contribution is -1.99. The monoisotopic (exact) mass is 173 g/mol. The van der Waals surface area contributed by atoms with Crippen molar-refractivity contribution in [1.82, 2.24) is 0 Å². The van der Waals surface area contributed by atoms with Crippen LogP contribution in [0.3, 0.4) is 0 Å². The van der Waals surface area contributed by atoms with Crippen LogP contribution in [0.15, 0.2) is 16.5 Å². The van der Waals surface area contributed by atoms with Crippen LogP contribution in [0.4, 0.5) is 0 Å². The summed E-state index contributed by atoms with van der Waals surface area (Å²) in [6, 6.07) is 3.48. The maximum absolute atomic E-state index is 11.4. The van der Waals surface area contributed by atoms with Gasteiger partial charge >= 0.3 is 0 Å². The van der Waals surface area contributed by atoms with Gasteiger partial charge in [0.1, 0.15) is 12.9 Å². The molecule has 0 radical (unpaired) electrons. The Balaban J connectivity index is 2.99. The molecule has 4 heteroatoms. The number of hydrogen-bond donors (Lipinski definition) is 1. The molecule has 0 aliphatic rings. The van der Waals surface area contributed by atoms with Gasteiger partial charge in [0.05, 0.1) is 6.54 Å². The van der Waals surface area contributed by atoms with Crippen molar-refractivity contribution in [2.75, 3.05) is 13.3 Å². The Hall–Kier alpha value is -0.530. The minimum Gasteiger partial charge on any atom is -0.457 e. The Morgan fingerprint density at radius 3 is 2.45 bits per heavy atom. The summed E-state index contributed by atoms with van der Waals surface area (Å²) in [7, 11) is -2.23. The highest BCUT2D eigenvalue weighted by Gasteiger charge is 2.14. The van der Waals surface area contributed by atoms with E-state index in [0.29, 0.717) is 17.8 Å². The maximum atomic E-state index is 11.4. The van der Waals surface area contributed by atoms with Gasteiger partial charge in [-0.25, -0.2) is 0 Å². The van der Waals surface area contributed by atoms with Crippen LogP contribution >= 0.6 is 7.14 Å². The first-order chi connectivity index (χ1) is 5.04. The van der Waals surface area contributed by atoms with E-state index in [2.05, 4.69) is 0 Å². The van der Waals surface area contributed by atoms with Crippen molar-refractivity contribution in [3.05, 3.63) is 17.9 Å². The molecule has 1 rings (SSSR count). The summed E-state index contributed by atoms with van der Waals surface area (Å²) in [4.78, 5) is 0. The molecule has 1 aromatic rings. The molecule has 0 bridgehead atoms. The number of nitrogens with two attached hydrogens (primary N) is 1. The second-order valence-corrected chi connectivity index (χ2v) is 5.94. The molecule has 0 aromatic carbocycles. The summed E-state index contributed by atoms with van der Waals surface area (Å²) in [6.07, 6.45) is 0. The van der Waals surface area contributed by atoms with Crippen LogP contribution in [-0.2, 0) is 11.1 Å². The normalized spacial score (nSPS) is 11.9. The minimum atomic E-state index is -2.23. The smallest absolute Gasteiger partial charge is 0.162 e. The van der Waals surface area contributed by atoms with E-state index in [-0.39, 0.29) is 0 Å². The number of rotatable bonds is 2. The molecule has 0 atom stereocenters. The summed E-state index contributed by atoms with van der Waals surface area (Å²) >= 11 is 0. The van der Waals surface area contributed by atoms with Crippen molar-refractivity contribution in [3.63, 3.8) is 0 Å². The molecule has 62 valence electrons. The predicted molar refractivity (Wildman–Crippen MR) is 45.7 cm³/mol. The van der Waals surface area contributed by atoms with Crippen LogP contribution in [0, 0.1) is 0 Å². The van der Waals surface area contributed by atoms with E-state index in [0.717, 1.165) is 0 Å². The SMILES string of the molecule is CP(C)(=O)c1ccc(CN)o1. The minimum absolute atomic E-state index is 0.361. The fraction of sp³-hybridized carbons (Fsp3) is 0.429. The summed E-state index contributed by atoms with van der Waals surface area (Å²) in [5.41, 5.74) is 5.88. The molecule has 0 saturated carbocycles. The molecule has 3 nitrogen and oxygen atoms in total. The zero-order chi connectivity index (χ0) is 8.48. The Labute approximate surface area is 66.0 Å². The second kappa shape index (κ2) is 2.84. The van der Waals surface area contributed by atoms with Crippen molar-refractivity contribution < 1.29 is 8.98 Å². The van der Waals surface area contributed by atoms with Crippen LogP contribution in [-0.4, -0.2) is 13.3 Å². The Morgan fingerprint density at radius 2 is 2.18 bits per heavy atom. The molecule has 1 heterocycles. The maximum Gasteiger partial charge on any atom is 0.162 e. The van der Waals surface area contributed by atoms with Crippen LogP contribution in [0.25, 0.3) is 0 Å². The van der Waals surface area contributed by atoms with Gasteiger partial charge in [0.2, 0.25) is 0 Å². The lowest BCUT2D eigenvalue weighted by Gasteiger charge is -1.99. The van der Waals surface area contributed by atoms with E-state index in [1.165, 1.54) is 0 Å². The fourth-order valence-electron chi connectivity index (χ4n) is 0.766. The average Bonchev–Trinajstić information content (AvgIpc) is 2.32. The van der Waals surface area contributed by atoms with Gasteiger partial charge < -0.3 is 14.7 Å². The van der Waals surface area contributed by atoms with Crippen molar-refractivity contribution in [2.24, 2.45) is 5.73 Å². The van der Waals surface area contributed by atoms with E-state index >= 15 is 0 Å². The highest BCUT2D eigenvalue weighted by atomic mass is 31.2. The lowest BCUT2D eigenvalue weighted by atomic mass is 10.5. The van der Waals surface area contributed by atoms with Gasteiger partial charge in [-0.1, -0.05) is 0 Å². The quantitative estimate of drug-likeness (QED) is 0.678.